The van der Waals surface area contributed by atoms with Crippen LogP contribution in [0.15, 0.2) is 30.3 Å². The lowest BCUT2D eigenvalue weighted by Gasteiger charge is -2.51. The van der Waals surface area contributed by atoms with Gasteiger partial charge in [0.2, 0.25) is 0 Å². The summed E-state index contributed by atoms with van der Waals surface area (Å²) in [6, 6.07) is 10.4. The standard InChI is InChI=1S/C19H31NO/c1-3-16-11-8-12-18(13-16,15-20)19(21,4-2)14-17-9-6-5-7-10-17/h5-7,9-10,16,21H,3-4,8,11-15,20H2,1-2H3. The molecule has 0 radical (unpaired) electrons. The van der Waals surface area contributed by atoms with E-state index in [-0.39, 0.29) is 5.41 Å². The first-order valence-corrected chi connectivity index (χ1v) is 8.55. The summed E-state index contributed by atoms with van der Waals surface area (Å²) in [5.74, 6) is 0.719. The maximum Gasteiger partial charge on any atom is 0.0753 e. The second-order valence-corrected chi connectivity index (χ2v) is 6.90. The highest BCUT2D eigenvalue weighted by molar-refractivity contribution is 5.19. The van der Waals surface area contributed by atoms with Gasteiger partial charge in [-0.25, -0.2) is 0 Å². The van der Waals surface area contributed by atoms with Crippen molar-refractivity contribution in [2.75, 3.05) is 6.54 Å². The number of nitrogens with two attached hydrogens (primary N) is 1. The van der Waals surface area contributed by atoms with Crippen molar-refractivity contribution in [1.82, 2.24) is 0 Å². The van der Waals surface area contributed by atoms with E-state index in [1.165, 1.54) is 24.8 Å². The van der Waals surface area contributed by atoms with Crippen molar-refractivity contribution in [2.24, 2.45) is 17.1 Å². The van der Waals surface area contributed by atoms with E-state index in [9.17, 15) is 5.11 Å². The highest BCUT2D eigenvalue weighted by Crippen LogP contribution is 2.49. The molecule has 1 saturated carbocycles. The fourth-order valence-corrected chi connectivity index (χ4v) is 4.25. The van der Waals surface area contributed by atoms with Crippen LogP contribution in [0.4, 0.5) is 0 Å². The molecule has 2 rings (SSSR count). The van der Waals surface area contributed by atoms with E-state index in [1.54, 1.807) is 0 Å². The summed E-state index contributed by atoms with van der Waals surface area (Å²) >= 11 is 0. The molecule has 3 unspecified atom stereocenters. The zero-order valence-corrected chi connectivity index (χ0v) is 13.6. The molecule has 3 N–H and O–H groups in total. The Hall–Kier alpha value is -0.860. The van der Waals surface area contributed by atoms with Gasteiger partial charge in [0, 0.05) is 18.4 Å². The van der Waals surface area contributed by atoms with Crippen molar-refractivity contribution in [1.29, 1.82) is 0 Å². The number of benzene rings is 1. The number of aliphatic hydroxyl groups is 1. The Bertz CT molecular complexity index is 432. The van der Waals surface area contributed by atoms with Crippen molar-refractivity contribution < 1.29 is 5.11 Å². The van der Waals surface area contributed by atoms with Gasteiger partial charge in [-0.3, -0.25) is 0 Å². The molecule has 0 spiro atoms. The van der Waals surface area contributed by atoms with Crippen LogP contribution in [-0.4, -0.2) is 17.3 Å². The molecule has 1 aliphatic carbocycles. The van der Waals surface area contributed by atoms with Crippen LogP contribution in [0.5, 0.6) is 0 Å². The smallest absolute Gasteiger partial charge is 0.0753 e. The molecule has 2 heteroatoms. The number of hydrogen-bond donors (Lipinski definition) is 2. The molecule has 0 heterocycles. The summed E-state index contributed by atoms with van der Waals surface area (Å²) < 4.78 is 0. The molecule has 21 heavy (non-hydrogen) atoms. The maximum atomic E-state index is 11.5. The van der Waals surface area contributed by atoms with Gasteiger partial charge in [0.05, 0.1) is 5.60 Å². The van der Waals surface area contributed by atoms with Crippen molar-refractivity contribution in [3.63, 3.8) is 0 Å². The normalized spacial score (nSPS) is 29.0. The lowest BCUT2D eigenvalue weighted by molar-refractivity contribution is -0.111. The van der Waals surface area contributed by atoms with Crippen LogP contribution < -0.4 is 5.73 Å². The van der Waals surface area contributed by atoms with E-state index in [2.05, 4.69) is 38.1 Å². The molecule has 0 bridgehead atoms. The first-order valence-electron chi connectivity index (χ1n) is 8.55. The van der Waals surface area contributed by atoms with Crippen LogP contribution >= 0.6 is 0 Å². The monoisotopic (exact) mass is 289 g/mol. The number of rotatable bonds is 6. The molecule has 0 aromatic heterocycles. The molecular weight excluding hydrogens is 258 g/mol. The van der Waals surface area contributed by atoms with E-state index in [0.29, 0.717) is 6.54 Å². The molecule has 1 aromatic rings. The van der Waals surface area contributed by atoms with Crippen LogP contribution in [0, 0.1) is 11.3 Å². The quantitative estimate of drug-likeness (QED) is 0.834. The Labute approximate surface area is 129 Å². The van der Waals surface area contributed by atoms with Gasteiger partial charge in [-0.05, 0) is 30.7 Å². The van der Waals surface area contributed by atoms with Gasteiger partial charge in [0.25, 0.3) is 0 Å². The van der Waals surface area contributed by atoms with Gasteiger partial charge in [0.1, 0.15) is 0 Å². The Kier molecular flexibility index (Phi) is 5.45. The van der Waals surface area contributed by atoms with E-state index in [0.717, 1.165) is 31.6 Å². The lowest BCUT2D eigenvalue weighted by atomic mass is 9.58. The summed E-state index contributed by atoms with van der Waals surface area (Å²) in [7, 11) is 0. The van der Waals surface area contributed by atoms with Crippen molar-refractivity contribution in [3.8, 4) is 0 Å². The SMILES string of the molecule is CCC1CCCC(CN)(C(O)(CC)Cc2ccccc2)C1. The van der Waals surface area contributed by atoms with Crippen LogP contribution in [-0.2, 0) is 6.42 Å². The summed E-state index contributed by atoms with van der Waals surface area (Å²) in [5.41, 5.74) is 6.63. The Morgan fingerprint density at radius 1 is 1.29 bits per heavy atom. The van der Waals surface area contributed by atoms with Gasteiger partial charge in [-0.1, -0.05) is 63.4 Å². The summed E-state index contributed by atoms with van der Waals surface area (Å²) in [4.78, 5) is 0. The Morgan fingerprint density at radius 2 is 2.00 bits per heavy atom. The van der Waals surface area contributed by atoms with Gasteiger partial charge in [-0.15, -0.1) is 0 Å². The second-order valence-electron chi connectivity index (χ2n) is 6.90. The molecule has 0 amide bonds. The highest BCUT2D eigenvalue weighted by Gasteiger charge is 2.49. The van der Waals surface area contributed by atoms with E-state index in [4.69, 9.17) is 5.73 Å². The van der Waals surface area contributed by atoms with E-state index >= 15 is 0 Å². The summed E-state index contributed by atoms with van der Waals surface area (Å²) in [6.45, 7) is 4.97. The lowest BCUT2D eigenvalue weighted by Crippen LogP contribution is -2.55. The third kappa shape index (κ3) is 3.32. The van der Waals surface area contributed by atoms with Crippen LogP contribution in [0.3, 0.4) is 0 Å². The molecular formula is C19H31NO. The van der Waals surface area contributed by atoms with Gasteiger partial charge >= 0.3 is 0 Å². The van der Waals surface area contributed by atoms with Gasteiger partial charge < -0.3 is 10.8 Å². The van der Waals surface area contributed by atoms with Crippen molar-refractivity contribution >= 4 is 0 Å². The molecule has 1 aliphatic rings. The van der Waals surface area contributed by atoms with Gasteiger partial charge in [-0.2, -0.15) is 0 Å². The maximum absolute atomic E-state index is 11.5. The predicted octanol–water partition coefficient (Wildman–Crippen LogP) is 3.92. The minimum atomic E-state index is -0.684. The van der Waals surface area contributed by atoms with E-state index < -0.39 is 5.60 Å². The molecule has 0 saturated heterocycles. The zero-order valence-electron chi connectivity index (χ0n) is 13.6. The first-order chi connectivity index (χ1) is 10.1. The topological polar surface area (TPSA) is 46.2 Å². The highest BCUT2D eigenvalue weighted by atomic mass is 16.3. The number of hydrogen-bond acceptors (Lipinski definition) is 2. The molecule has 118 valence electrons. The summed E-state index contributed by atoms with van der Waals surface area (Å²) in [5, 5.41) is 11.5. The van der Waals surface area contributed by atoms with Crippen LogP contribution in [0.2, 0.25) is 0 Å². The largest absolute Gasteiger partial charge is 0.389 e. The Morgan fingerprint density at radius 3 is 2.57 bits per heavy atom. The fourth-order valence-electron chi connectivity index (χ4n) is 4.25. The Balaban J connectivity index is 2.27. The third-order valence-electron chi connectivity index (χ3n) is 5.83. The van der Waals surface area contributed by atoms with Crippen molar-refractivity contribution in [2.45, 2.75) is 64.4 Å². The van der Waals surface area contributed by atoms with Gasteiger partial charge in [0.15, 0.2) is 0 Å². The molecule has 1 fully saturated rings. The molecule has 3 atom stereocenters. The molecule has 1 aromatic carbocycles. The first kappa shape index (κ1) is 16.5. The van der Waals surface area contributed by atoms with Crippen molar-refractivity contribution in [3.05, 3.63) is 35.9 Å². The molecule has 0 aliphatic heterocycles. The minimum Gasteiger partial charge on any atom is -0.389 e. The predicted molar refractivity (Wildman–Crippen MR) is 89.1 cm³/mol. The summed E-state index contributed by atoms with van der Waals surface area (Å²) in [6.07, 6.45) is 7.34. The minimum absolute atomic E-state index is 0.115. The van der Waals surface area contributed by atoms with E-state index in [1.807, 2.05) is 6.07 Å². The van der Waals surface area contributed by atoms with Crippen LogP contribution in [0.1, 0.15) is 57.9 Å². The average Bonchev–Trinajstić information content (AvgIpc) is 2.55. The third-order valence-corrected chi connectivity index (χ3v) is 5.83. The molecule has 2 nitrogen and oxygen atoms in total. The second kappa shape index (κ2) is 6.93. The fraction of sp³-hybridized carbons (Fsp3) is 0.684. The average molecular weight is 289 g/mol. The zero-order chi connectivity index (χ0) is 15.3. The van der Waals surface area contributed by atoms with Crippen LogP contribution in [0.25, 0.3) is 0 Å².